The van der Waals surface area contributed by atoms with Crippen molar-refractivity contribution < 1.29 is 14.4 Å². The summed E-state index contributed by atoms with van der Waals surface area (Å²) in [6.45, 7) is 5.18. The molecule has 9 heteroatoms. The Bertz CT molecular complexity index is 843. The highest BCUT2D eigenvalue weighted by Gasteiger charge is 2.51. The first kappa shape index (κ1) is 18.9. The van der Waals surface area contributed by atoms with Gasteiger partial charge >= 0.3 is 6.03 Å². The van der Waals surface area contributed by atoms with Crippen LogP contribution in [0.25, 0.3) is 0 Å². The Morgan fingerprint density at radius 1 is 1.32 bits per heavy atom. The Balaban J connectivity index is 1.54. The van der Waals surface area contributed by atoms with Crippen molar-refractivity contribution in [2.45, 2.75) is 44.6 Å². The van der Waals surface area contributed by atoms with Gasteiger partial charge < -0.3 is 4.98 Å². The van der Waals surface area contributed by atoms with Crippen molar-refractivity contribution in [2.75, 3.05) is 6.54 Å². The minimum atomic E-state index is -2.02. The fourth-order valence-electron chi connectivity index (χ4n) is 4.01. The highest BCUT2D eigenvalue weighted by molar-refractivity contribution is 6.76. The van der Waals surface area contributed by atoms with E-state index in [0.29, 0.717) is 19.6 Å². The first-order chi connectivity index (χ1) is 13.5. The van der Waals surface area contributed by atoms with Crippen LogP contribution in [0, 0.1) is 0 Å². The number of hydrogen-bond donors (Lipinski definition) is 1. The van der Waals surface area contributed by atoms with Gasteiger partial charge in [-0.1, -0.05) is 30.3 Å². The molecule has 0 aliphatic carbocycles. The van der Waals surface area contributed by atoms with Crippen LogP contribution in [0.5, 0.6) is 0 Å². The maximum Gasteiger partial charge on any atom is 0.353 e. The van der Waals surface area contributed by atoms with E-state index in [1.165, 1.54) is 16.0 Å². The molecule has 2 aliphatic rings. The number of hydrogen-bond acceptors (Lipinski definition) is 5. The van der Waals surface area contributed by atoms with E-state index in [-0.39, 0.29) is 24.0 Å². The van der Waals surface area contributed by atoms with Crippen LogP contribution >= 0.6 is 0 Å². The summed E-state index contributed by atoms with van der Waals surface area (Å²) < 4.78 is 3.69. The average Bonchev–Trinajstić information content (AvgIpc) is 3.30. The number of imidazole rings is 1. The summed E-state index contributed by atoms with van der Waals surface area (Å²) >= 11 is 0. The third-order valence-corrected chi connectivity index (χ3v) is 8.25. The van der Waals surface area contributed by atoms with Gasteiger partial charge in [0.25, 0.3) is 0 Å². The molecule has 1 unspecified atom stereocenters. The molecule has 2 fully saturated rings. The molecule has 0 saturated carbocycles. The Kier molecular flexibility index (Phi) is 5.05. The van der Waals surface area contributed by atoms with Crippen LogP contribution in [0.15, 0.2) is 49.1 Å². The van der Waals surface area contributed by atoms with E-state index in [9.17, 15) is 9.59 Å². The van der Waals surface area contributed by atoms with Crippen molar-refractivity contribution in [3.05, 3.63) is 54.6 Å². The smallest absolute Gasteiger partial charge is 0.353 e. The van der Waals surface area contributed by atoms with Crippen LogP contribution in [0.4, 0.5) is 4.79 Å². The molecule has 0 radical (unpaired) electrons. The summed E-state index contributed by atoms with van der Waals surface area (Å²) in [7, 11) is -2.02. The lowest BCUT2D eigenvalue weighted by Crippen LogP contribution is -2.60. The number of benzene rings is 1. The summed E-state index contributed by atoms with van der Waals surface area (Å²) in [6, 6.07) is 9.29. The van der Waals surface area contributed by atoms with Crippen LogP contribution in [0.2, 0.25) is 13.1 Å². The molecule has 2 saturated heterocycles. The molecular weight excluding hydrogens is 374 g/mol. The number of fused-ring (bicyclic) bond motifs is 1. The Hall–Kier alpha value is -2.49. The lowest BCUT2D eigenvalue weighted by molar-refractivity contribution is -0.163. The number of hydroxylamine groups is 2. The van der Waals surface area contributed by atoms with E-state index >= 15 is 0 Å². The van der Waals surface area contributed by atoms with Crippen LogP contribution in [-0.2, 0) is 16.2 Å². The summed E-state index contributed by atoms with van der Waals surface area (Å²) in [4.78, 5) is 38.5. The third-order valence-electron chi connectivity index (χ3n) is 5.47. The van der Waals surface area contributed by atoms with E-state index in [1.807, 2.05) is 30.3 Å². The number of rotatable bonds is 4. The van der Waals surface area contributed by atoms with Gasteiger partial charge in [-0.3, -0.25) is 18.8 Å². The second-order valence-electron chi connectivity index (χ2n) is 7.78. The molecule has 3 heterocycles. The minimum Gasteiger partial charge on any atom is -0.368 e. The summed E-state index contributed by atoms with van der Waals surface area (Å²) in [6.07, 6.45) is 6.10. The Labute approximate surface area is 165 Å². The van der Waals surface area contributed by atoms with Crippen molar-refractivity contribution in [1.82, 2.24) is 24.2 Å². The third kappa shape index (κ3) is 3.60. The number of carbonyl (C=O) groups is 2. The lowest BCUT2D eigenvalue weighted by atomic mass is 10.0. The molecule has 8 nitrogen and oxygen atoms in total. The molecule has 2 aromatic rings. The average molecular weight is 400 g/mol. The zero-order valence-corrected chi connectivity index (χ0v) is 17.1. The fraction of sp³-hybridized carbons (Fsp3) is 0.421. The molecule has 0 spiro atoms. The summed E-state index contributed by atoms with van der Waals surface area (Å²) in [5, 5.41) is 1.47. The molecule has 0 bridgehead atoms. The fourth-order valence-corrected chi connectivity index (χ4v) is 6.62. The molecule has 1 aromatic heterocycles. The molecule has 1 aromatic carbocycles. The quantitative estimate of drug-likeness (QED) is 0.628. The number of piperidine rings is 1. The monoisotopic (exact) mass is 399 g/mol. The van der Waals surface area contributed by atoms with Crippen molar-refractivity contribution in [1.29, 1.82) is 0 Å². The van der Waals surface area contributed by atoms with Gasteiger partial charge in [0.05, 0.1) is 12.1 Å². The van der Waals surface area contributed by atoms with E-state index in [2.05, 4.69) is 27.6 Å². The zero-order valence-electron chi connectivity index (χ0n) is 16.1. The van der Waals surface area contributed by atoms with Gasteiger partial charge in [-0.2, -0.15) is 5.06 Å². The van der Waals surface area contributed by atoms with Crippen molar-refractivity contribution in [3.63, 3.8) is 0 Å². The van der Waals surface area contributed by atoms with E-state index in [1.54, 1.807) is 12.4 Å². The van der Waals surface area contributed by atoms with Gasteiger partial charge in [-0.15, -0.1) is 0 Å². The maximum atomic E-state index is 13.1. The van der Waals surface area contributed by atoms with Crippen molar-refractivity contribution in [3.8, 4) is 0 Å². The zero-order chi connectivity index (χ0) is 19.7. The van der Waals surface area contributed by atoms with Gasteiger partial charge in [-0.25, -0.2) is 9.78 Å². The van der Waals surface area contributed by atoms with Crippen LogP contribution in [-0.4, -0.2) is 58.1 Å². The first-order valence-electron chi connectivity index (χ1n) is 9.53. The second kappa shape index (κ2) is 7.49. The predicted octanol–water partition coefficient (Wildman–Crippen LogP) is 1.95. The van der Waals surface area contributed by atoms with Crippen molar-refractivity contribution >= 4 is 20.3 Å². The molecular formula is C19H25N5O3Si. The normalized spacial score (nSPS) is 23.9. The highest BCUT2D eigenvalue weighted by Crippen LogP contribution is 2.30. The highest BCUT2D eigenvalue weighted by atomic mass is 28.3. The van der Waals surface area contributed by atoms with Crippen molar-refractivity contribution in [2.24, 2.45) is 0 Å². The lowest BCUT2D eigenvalue weighted by Gasteiger charge is -2.42. The topological polar surface area (TPSA) is 79.7 Å². The van der Waals surface area contributed by atoms with Gasteiger partial charge in [0.15, 0.2) is 0 Å². The van der Waals surface area contributed by atoms with Gasteiger partial charge in [0.2, 0.25) is 14.3 Å². The maximum absolute atomic E-state index is 13.1. The SMILES string of the molecule is C[Si]1(C)NC(=O)C2CC[C@@H](N(OCc3ccccc3)C(=O)n3ccnc3)CN21. The van der Waals surface area contributed by atoms with Gasteiger partial charge in [-0.05, 0) is 31.5 Å². The molecule has 2 atom stereocenters. The number of nitrogens with zero attached hydrogens (tertiary/aromatic N) is 4. The molecule has 148 valence electrons. The number of amides is 2. The molecule has 2 amide bonds. The Morgan fingerprint density at radius 3 is 2.82 bits per heavy atom. The van der Waals surface area contributed by atoms with E-state index in [0.717, 1.165) is 12.0 Å². The van der Waals surface area contributed by atoms with E-state index in [4.69, 9.17) is 4.84 Å². The second-order valence-corrected chi connectivity index (χ2v) is 11.7. The molecule has 28 heavy (non-hydrogen) atoms. The molecule has 2 aliphatic heterocycles. The number of aromatic nitrogens is 2. The minimum absolute atomic E-state index is 0.0859. The van der Waals surface area contributed by atoms with Crippen LogP contribution in [0.3, 0.4) is 0 Å². The molecule has 1 N–H and O–H groups in total. The Morgan fingerprint density at radius 2 is 2.11 bits per heavy atom. The first-order valence-corrected chi connectivity index (χ1v) is 12.5. The predicted molar refractivity (Wildman–Crippen MR) is 105 cm³/mol. The van der Waals surface area contributed by atoms with Gasteiger partial charge in [0, 0.05) is 18.9 Å². The standard InChI is InChI=1S/C19H25N5O3Si/c1-28(2)21-18(25)17-9-8-16(12-23(17)28)24(19(26)22-11-10-20-14-22)27-13-15-6-4-3-5-7-15/h3-7,10-11,14,16-17H,8-9,12-13H2,1-2H3,(H,21,25)/t16-,17?/m1/s1. The molecule has 4 rings (SSSR count). The summed E-state index contributed by atoms with van der Waals surface area (Å²) in [5.74, 6) is 0.118. The number of nitrogens with one attached hydrogen (secondary N) is 1. The number of carbonyl (C=O) groups excluding carboxylic acids is 2. The van der Waals surface area contributed by atoms with Gasteiger partial charge in [0.1, 0.15) is 12.9 Å². The van der Waals surface area contributed by atoms with Crippen LogP contribution < -0.4 is 4.98 Å². The largest absolute Gasteiger partial charge is 0.368 e. The van der Waals surface area contributed by atoms with E-state index < -0.39 is 8.40 Å². The van der Waals surface area contributed by atoms with Crippen LogP contribution in [0.1, 0.15) is 18.4 Å². The summed E-state index contributed by atoms with van der Waals surface area (Å²) in [5.41, 5.74) is 0.993.